The summed E-state index contributed by atoms with van der Waals surface area (Å²) in [6.45, 7) is 1.45. The summed E-state index contributed by atoms with van der Waals surface area (Å²) < 4.78 is 5.26. The highest BCUT2D eigenvalue weighted by Crippen LogP contribution is 2.23. The van der Waals surface area contributed by atoms with Gasteiger partial charge < -0.3 is 9.42 Å². The first-order chi connectivity index (χ1) is 11.3. The molecule has 0 aliphatic carbocycles. The van der Waals surface area contributed by atoms with Gasteiger partial charge in [-0.25, -0.2) is 0 Å². The molecule has 3 heterocycles. The average molecular weight is 311 g/mol. The second-order valence-electron chi connectivity index (χ2n) is 5.76. The molecule has 0 radical (unpaired) electrons. The van der Waals surface area contributed by atoms with Crippen LogP contribution in [0.1, 0.15) is 24.6 Å². The van der Waals surface area contributed by atoms with E-state index in [0.717, 1.165) is 36.9 Å². The number of hydrogen-bond donors (Lipinski definition) is 0. The van der Waals surface area contributed by atoms with Crippen molar-refractivity contribution in [3.8, 4) is 0 Å². The minimum absolute atomic E-state index is 0.0935. The van der Waals surface area contributed by atoms with Crippen molar-refractivity contribution in [2.75, 3.05) is 13.1 Å². The van der Waals surface area contributed by atoms with Gasteiger partial charge in [-0.15, -0.1) is 0 Å². The second kappa shape index (κ2) is 5.83. The number of nitrogens with zero attached hydrogens (tertiary/aromatic N) is 5. The Hall–Kier alpha value is -2.70. The molecule has 3 aromatic rings. The van der Waals surface area contributed by atoms with Crippen LogP contribution in [-0.4, -0.2) is 44.0 Å². The first-order valence-corrected chi connectivity index (χ1v) is 7.78. The van der Waals surface area contributed by atoms with Gasteiger partial charge in [0.1, 0.15) is 5.69 Å². The number of para-hydroxylation sites is 1. The van der Waals surface area contributed by atoms with Crippen molar-refractivity contribution in [1.29, 1.82) is 0 Å². The molecule has 1 aliphatic heterocycles. The van der Waals surface area contributed by atoms with Crippen LogP contribution in [0, 0.1) is 0 Å². The summed E-state index contributed by atoms with van der Waals surface area (Å²) in [4.78, 5) is 16.1. The number of carbonyl (C=O) groups excluding carboxylic acids is 1. The van der Waals surface area contributed by atoms with Gasteiger partial charge in [0.2, 0.25) is 5.91 Å². The third-order valence-electron chi connectivity index (χ3n) is 4.35. The number of amides is 1. The first kappa shape index (κ1) is 13.9. The van der Waals surface area contributed by atoms with Crippen molar-refractivity contribution < 1.29 is 9.32 Å². The highest BCUT2D eigenvalue weighted by molar-refractivity contribution is 5.86. The second-order valence-corrected chi connectivity index (χ2v) is 5.76. The molecule has 1 amide bonds. The predicted molar refractivity (Wildman–Crippen MR) is 82.6 cm³/mol. The fourth-order valence-corrected chi connectivity index (χ4v) is 3.08. The molecule has 0 atom stereocenters. The molecular weight excluding hydrogens is 294 g/mol. The maximum absolute atomic E-state index is 12.5. The number of carbonyl (C=O) groups is 1. The molecular formula is C16H17N5O2. The van der Waals surface area contributed by atoms with E-state index in [4.69, 9.17) is 4.52 Å². The Bertz CT molecular complexity index is 803. The van der Waals surface area contributed by atoms with Crippen molar-refractivity contribution in [3.05, 3.63) is 42.4 Å². The van der Waals surface area contributed by atoms with Gasteiger partial charge in [-0.2, -0.15) is 15.0 Å². The Labute approximate surface area is 132 Å². The zero-order valence-electron chi connectivity index (χ0n) is 12.6. The van der Waals surface area contributed by atoms with Crippen LogP contribution in [0.15, 0.2) is 41.2 Å². The fourth-order valence-electron chi connectivity index (χ4n) is 3.08. The molecule has 0 spiro atoms. The average Bonchev–Trinajstić information content (AvgIpc) is 3.25. The molecule has 1 saturated heterocycles. The zero-order chi connectivity index (χ0) is 15.6. The number of piperidine rings is 1. The molecule has 0 N–H and O–H groups in total. The van der Waals surface area contributed by atoms with Gasteiger partial charge in [-0.3, -0.25) is 4.79 Å². The van der Waals surface area contributed by atoms with Gasteiger partial charge in [-0.1, -0.05) is 17.3 Å². The Morgan fingerprint density at radius 2 is 1.91 bits per heavy atom. The maximum atomic E-state index is 12.5. The first-order valence-electron chi connectivity index (χ1n) is 7.78. The number of hydrogen-bond acceptors (Lipinski definition) is 5. The fraction of sp³-hybridized carbons (Fsp3) is 0.375. The maximum Gasteiger partial charge on any atom is 0.228 e. The highest BCUT2D eigenvalue weighted by Gasteiger charge is 2.25. The Balaban J connectivity index is 1.40. The third kappa shape index (κ3) is 2.69. The van der Waals surface area contributed by atoms with E-state index in [1.807, 2.05) is 29.2 Å². The number of aromatic nitrogens is 4. The van der Waals surface area contributed by atoms with E-state index in [9.17, 15) is 4.79 Å². The predicted octanol–water partition coefficient (Wildman–Crippen LogP) is 1.83. The molecule has 1 fully saturated rings. The quantitative estimate of drug-likeness (QED) is 0.737. The minimum Gasteiger partial charge on any atom is -0.356 e. The minimum atomic E-state index is 0.0935. The lowest BCUT2D eigenvalue weighted by atomic mass is 10.0. The molecule has 0 unspecified atom stereocenters. The van der Waals surface area contributed by atoms with E-state index in [2.05, 4.69) is 15.4 Å². The summed E-state index contributed by atoms with van der Waals surface area (Å²) in [5.74, 6) is 0.0935. The van der Waals surface area contributed by atoms with Crippen molar-refractivity contribution in [3.63, 3.8) is 0 Å². The lowest BCUT2D eigenvalue weighted by molar-refractivity contribution is -0.131. The van der Waals surface area contributed by atoms with Gasteiger partial charge in [0.15, 0.2) is 5.58 Å². The van der Waals surface area contributed by atoms with Crippen LogP contribution < -0.4 is 0 Å². The van der Waals surface area contributed by atoms with Gasteiger partial charge in [-0.05, 0) is 25.0 Å². The molecule has 0 saturated carbocycles. The van der Waals surface area contributed by atoms with E-state index < -0.39 is 0 Å². The number of fused-ring (bicyclic) bond motifs is 1. The number of likely N-dealkylation sites (tertiary alicyclic amines) is 1. The lowest BCUT2D eigenvalue weighted by Crippen LogP contribution is -2.40. The molecule has 1 aliphatic rings. The Kier molecular flexibility index (Phi) is 3.53. The van der Waals surface area contributed by atoms with Crippen molar-refractivity contribution >= 4 is 16.9 Å². The summed E-state index contributed by atoms with van der Waals surface area (Å²) >= 11 is 0. The van der Waals surface area contributed by atoms with Crippen molar-refractivity contribution in [2.45, 2.75) is 25.3 Å². The highest BCUT2D eigenvalue weighted by atomic mass is 16.5. The van der Waals surface area contributed by atoms with Gasteiger partial charge in [0.05, 0.1) is 24.9 Å². The summed E-state index contributed by atoms with van der Waals surface area (Å²) in [5.41, 5.74) is 1.43. The van der Waals surface area contributed by atoms with Crippen LogP contribution in [0.25, 0.3) is 11.0 Å². The van der Waals surface area contributed by atoms with E-state index >= 15 is 0 Å². The largest absolute Gasteiger partial charge is 0.356 e. The standard InChI is InChI=1S/C16H17N5O2/c22-16(11-14-13-3-1-2-4-15(13)23-19-14)20-9-5-12(6-10-20)21-17-7-8-18-21/h1-4,7-8,12H,5-6,9-11H2. The smallest absolute Gasteiger partial charge is 0.228 e. The summed E-state index contributed by atoms with van der Waals surface area (Å²) in [5, 5.41) is 13.3. The van der Waals surface area contributed by atoms with E-state index in [1.54, 1.807) is 17.2 Å². The molecule has 23 heavy (non-hydrogen) atoms. The topological polar surface area (TPSA) is 77.0 Å². The zero-order valence-corrected chi connectivity index (χ0v) is 12.6. The summed E-state index contributed by atoms with van der Waals surface area (Å²) in [7, 11) is 0. The number of rotatable bonds is 3. The van der Waals surface area contributed by atoms with E-state index in [1.165, 1.54) is 0 Å². The van der Waals surface area contributed by atoms with Crippen molar-refractivity contribution in [1.82, 2.24) is 25.1 Å². The number of benzene rings is 1. The van der Waals surface area contributed by atoms with E-state index in [-0.39, 0.29) is 18.4 Å². The summed E-state index contributed by atoms with van der Waals surface area (Å²) in [6.07, 6.45) is 5.40. The SMILES string of the molecule is O=C(Cc1noc2ccccc12)N1CCC(n2nccn2)CC1. The molecule has 7 heteroatoms. The molecule has 7 nitrogen and oxygen atoms in total. The third-order valence-corrected chi connectivity index (χ3v) is 4.35. The molecule has 118 valence electrons. The van der Waals surface area contributed by atoms with Crippen LogP contribution >= 0.6 is 0 Å². The normalized spacial score (nSPS) is 16.1. The van der Waals surface area contributed by atoms with Crippen molar-refractivity contribution in [2.24, 2.45) is 0 Å². The summed E-state index contributed by atoms with van der Waals surface area (Å²) in [6, 6.07) is 7.90. The van der Waals surface area contributed by atoms with Gasteiger partial charge >= 0.3 is 0 Å². The molecule has 2 aromatic heterocycles. The van der Waals surface area contributed by atoms with Gasteiger partial charge in [0.25, 0.3) is 0 Å². The van der Waals surface area contributed by atoms with Crippen LogP contribution in [0.4, 0.5) is 0 Å². The van der Waals surface area contributed by atoms with E-state index in [0.29, 0.717) is 5.69 Å². The van der Waals surface area contributed by atoms with Crippen LogP contribution in [0.5, 0.6) is 0 Å². The monoisotopic (exact) mass is 311 g/mol. The Morgan fingerprint density at radius 1 is 1.17 bits per heavy atom. The van der Waals surface area contributed by atoms with Crippen LogP contribution in [0.2, 0.25) is 0 Å². The van der Waals surface area contributed by atoms with Gasteiger partial charge in [0, 0.05) is 18.5 Å². The molecule has 1 aromatic carbocycles. The molecule has 4 rings (SSSR count). The molecule has 0 bridgehead atoms. The van der Waals surface area contributed by atoms with Crippen LogP contribution in [0.3, 0.4) is 0 Å². The van der Waals surface area contributed by atoms with Crippen LogP contribution in [-0.2, 0) is 11.2 Å². The lowest BCUT2D eigenvalue weighted by Gasteiger charge is -2.31. The Morgan fingerprint density at radius 3 is 2.70 bits per heavy atom.